The Hall–Kier alpha value is -0.900. The second-order valence-electron chi connectivity index (χ2n) is 1.83. The molecular formula is C5H10N2O2. The van der Waals surface area contributed by atoms with Gasteiger partial charge in [-0.05, 0) is 6.92 Å². The van der Waals surface area contributed by atoms with Crippen molar-refractivity contribution in [3.8, 4) is 0 Å². The Kier molecular flexibility index (Phi) is 2.21. The summed E-state index contributed by atoms with van der Waals surface area (Å²) in [7, 11) is 0. The van der Waals surface area contributed by atoms with E-state index in [2.05, 4.69) is 0 Å². The first-order chi connectivity index (χ1) is 4.57. The van der Waals surface area contributed by atoms with Crippen LogP contribution in [0.4, 0.5) is 0 Å². The second kappa shape index (κ2) is 3.19. The number of carbonyl (C=O) groups excluding carboxylic acids is 2. The molecule has 0 rings (SSSR count). The molecule has 4 N–H and O–H groups in total. The van der Waals surface area contributed by atoms with Crippen LogP contribution in [0.15, 0.2) is 0 Å². The number of carbonyl (C=O) groups is 2. The number of amides is 1. The van der Waals surface area contributed by atoms with E-state index in [1.165, 1.54) is 6.92 Å². The lowest BCUT2D eigenvalue weighted by atomic mass is 10.1. The summed E-state index contributed by atoms with van der Waals surface area (Å²) in [5.41, 5.74) is 6.72. The Morgan fingerprint density at radius 2 is 2.33 bits per heavy atom. The quantitative estimate of drug-likeness (QED) is 0.501. The predicted molar refractivity (Wildman–Crippen MR) is 32.5 cm³/mol. The summed E-state index contributed by atoms with van der Waals surface area (Å²) in [6, 6.07) is -0.752. The highest BCUT2D eigenvalue weighted by Gasteiger charge is 2.09. The molecule has 0 heterocycles. The molecule has 0 bridgehead atoms. The lowest BCUT2D eigenvalue weighted by Gasteiger charge is -2.01. The Morgan fingerprint density at radius 3 is 2.44 bits per heavy atom. The lowest BCUT2D eigenvalue weighted by Crippen LogP contribution is -2.33. The van der Waals surface area contributed by atoms with Gasteiger partial charge in [-0.1, -0.05) is 0 Å². The average Bonchev–Trinajstić information content (AvgIpc) is 1.81. The number of rotatable bonds is 4. The van der Waals surface area contributed by atoms with Crippen molar-refractivity contribution >= 4 is 11.7 Å². The van der Waals surface area contributed by atoms with Crippen molar-refractivity contribution in [1.29, 1.82) is 0 Å². The molecule has 0 aliphatic carbocycles. The number of nitrogens with two attached hydrogens (primary N) is 2. The fourth-order valence-corrected chi connectivity index (χ4v) is 0.345. The first-order valence-electron chi connectivity index (χ1n) is 3.04. The first-order valence-corrected chi connectivity index (χ1v) is 2.54. The highest BCUT2D eigenvalue weighted by atomic mass is 16.1. The van der Waals surface area contributed by atoms with Gasteiger partial charge in [0.2, 0.25) is 5.91 Å². The number of Topliss-reactive ketones (excluding diaryl/α,β-unsaturated/α-hetero) is 1. The Labute approximate surface area is 54.7 Å². The van der Waals surface area contributed by atoms with Crippen LogP contribution in [0.5, 0.6) is 0 Å². The van der Waals surface area contributed by atoms with E-state index in [4.69, 9.17) is 7.15 Å². The molecular weight excluding hydrogens is 120 g/mol. The monoisotopic (exact) mass is 131 g/mol. The molecule has 0 radical (unpaired) electrons. The molecule has 1 amide bonds. The fraction of sp³-hybridized carbons (Fsp3) is 0.600. The van der Waals surface area contributed by atoms with Gasteiger partial charge in [0.15, 0.2) is 0 Å². The molecule has 0 spiro atoms. The molecule has 0 aliphatic heterocycles. The van der Waals surface area contributed by atoms with Crippen LogP contribution < -0.4 is 11.5 Å². The fourth-order valence-electron chi connectivity index (χ4n) is 0.345. The number of ketones is 1. The summed E-state index contributed by atoms with van der Waals surface area (Å²) < 4.78 is 6.61. The van der Waals surface area contributed by atoms with Crippen LogP contribution in [0, 0.1) is 0 Å². The van der Waals surface area contributed by atoms with Gasteiger partial charge in [-0.15, -0.1) is 0 Å². The van der Waals surface area contributed by atoms with E-state index >= 15 is 0 Å². The van der Waals surface area contributed by atoms with Crippen molar-refractivity contribution < 1.29 is 11.0 Å². The van der Waals surface area contributed by atoms with E-state index < -0.39 is 11.9 Å². The van der Waals surface area contributed by atoms with Gasteiger partial charge in [-0.3, -0.25) is 9.59 Å². The number of hydrogen-bond acceptors (Lipinski definition) is 3. The highest BCUT2D eigenvalue weighted by Crippen LogP contribution is 1.86. The maximum absolute atomic E-state index is 10.5. The summed E-state index contributed by atoms with van der Waals surface area (Å²) in [6.45, 7) is 1.30. The van der Waals surface area contributed by atoms with Gasteiger partial charge in [0.25, 0.3) is 0 Å². The van der Waals surface area contributed by atoms with Gasteiger partial charge in [-0.25, -0.2) is 0 Å². The summed E-state index contributed by atoms with van der Waals surface area (Å²) in [5, 5.41) is 0. The summed E-state index contributed by atoms with van der Waals surface area (Å²) in [5.74, 6) is -0.839. The first kappa shape index (κ1) is 6.22. The molecule has 0 aromatic rings. The molecule has 9 heavy (non-hydrogen) atoms. The van der Waals surface area contributed by atoms with Crippen LogP contribution in [-0.4, -0.2) is 17.7 Å². The predicted octanol–water partition coefficient (Wildman–Crippen LogP) is -1.22. The molecule has 4 heteroatoms. The van der Waals surface area contributed by atoms with Crippen LogP contribution >= 0.6 is 0 Å². The molecule has 52 valence electrons. The van der Waals surface area contributed by atoms with Crippen LogP contribution in [0.3, 0.4) is 0 Å². The third-order valence-corrected chi connectivity index (χ3v) is 0.896. The zero-order valence-corrected chi connectivity index (χ0v) is 5.18. The normalized spacial score (nSPS) is 14.1. The molecule has 0 saturated carbocycles. The standard InChI is InChI=1S/C5H10N2O2/c1-3(8)4(6)2-5(7)9/h4H,2,6H2,1H3,(H2,7,9)/i/hD. The number of primary amides is 1. The topological polar surface area (TPSA) is 86.2 Å². The third kappa shape index (κ3) is 3.66. The van der Waals surface area contributed by atoms with Crippen molar-refractivity contribution in [3.05, 3.63) is 0 Å². The van der Waals surface area contributed by atoms with E-state index in [-0.39, 0.29) is 12.2 Å². The van der Waals surface area contributed by atoms with Crippen molar-refractivity contribution in [2.75, 3.05) is 0 Å². The van der Waals surface area contributed by atoms with E-state index in [0.717, 1.165) is 0 Å². The van der Waals surface area contributed by atoms with E-state index in [0.29, 0.717) is 0 Å². The van der Waals surface area contributed by atoms with Crippen molar-refractivity contribution in [2.45, 2.75) is 19.4 Å². The molecule has 0 aromatic heterocycles. The Balaban J connectivity index is 3.83. The summed E-state index contributed by atoms with van der Waals surface area (Å²) in [6.07, 6.45) is -0.112. The van der Waals surface area contributed by atoms with Crippen LogP contribution in [0.25, 0.3) is 0 Å². The van der Waals surface area contributed by atoms with Gasteiger partial charge in [0, 0.05) is 6.42 Å². The van der Waals surface area contributed by atoms with E-state index in [1.807, 2.05) is 5.73 Å². The average molecular weight is 131 g/mol. The molecule has 0 aliphatic rings. The minimum atomic E-state index is -0.752. The maximum atomic E-state index is 10.5. The van der Waals surface area contributed by atoms with Crippen LogP contribution in [-0.2, 0) is 9.59 Å². The van der Waals surface area contributed by atoms with Gasteiger partial charge < -0.3 is 11.5 Å². The highest BCUT2D eigenvalue weighted by molar-refractivity contribution is 5.87. The largest absolute Gasteiger partial charge is 0.370 e. The number of hydrogen-bond donors (Lipinski definition) is 2. The van der Waals surface area contributed by atoms with Crippen LogP contribution in [0.2, 0.25) is 1.41 Å². The Morgan fingerprint density at radius 1 is 1.78 bits per heavy atom. The zero-order valence-electron chi connectivity index (χ0n) is 6.18. The van der Waals surface area contributed by atoms with Crippen LogP contribution in [0.1, 0.15) is 13.3 Å². The van der Waals surface area contributed by atoms with Crippen molar-refractivity contribution in [3.63, 3.8) is 0 Å². The third-order valence-electron chi connectivity index (χ3n) is 0.896. The van der Waals surface area contributed by atoms with E-state index in [9.17, 15) is 9.59 Å². The SMILES string of the molecule is [2H]NC(CC(N)=O)C(C)=O. The molecule has 0 aromatic carbocycles. The molecule has 0 saturated heterocycles. The van der Waals surface area contributed by atoms with Crippen molar-refractivity contribution in [2.24, 2.45) is 11.5 Å². The summed E-state index contributed by atoms with van der Waals surface area (Å²) >= 11 is 0. The minimum Gasteiger partial charge on any atom is -0.370 e. The summed E-state index contributed by atoms with van der Waals surface area (Å²) in [4.78, 5) is 20.7. The second-order valence-corrected chi connectivity index (χ2v) is 1.83. The maximum Gasteiger partial charge on any atom is 0.219 e. The zero-order chi connectivity index (χ0) is 8.15. The molecule has 0 fully saturated rings. The van der Waals surface area contributed by atoms with E-state index in [1.54, 1.807) is 0 Å². The van der Waals surface area contributed by atoms with Gasteiger partial charge in [-0.2, -0.15) is 0 Å². The van der Waals surface area contributed by atoms with Gasteiger partial charge in [0.05, 0.1) is 6.04 Å². The molecule has 4 nitrogen and oxygen atoms in total. The van der Waals surface area contributed by atoms with Crippen molar-refractivity contribution in [1.82, 2.24) is 0 Å². The van der Waals surface area contributed by atoms with Gasteiger partial charge in [0.1, 0.15) is 7.20 Å². The Bertz CT molecular complexity index is 149. The minimum absolute atomic E-state index is 0.112. The lowest BCUT2D eigenvalue weighted by molar-refractivity contribution is -0.123. The smallest absolute Gasteiger partial charge is 0.219 e. The molecule has 1 atom stereocenters. The van der Waals surface area contributed by atoms with Gasteiger partial charge >= 0.3 is 0 Å². The molecule has 1 unspecified atom stereocenters.